The average molecular weight is 253 g/mol. The third-order valence-electron chi connectivity index (χ3n) is 2.76. The SMILES string of the molecule is CN(C)CCNCCN(CC(F)(F)F)C1CC1. The van der Waals surface area contributed by atoms with Crippen molar-refractivity contribution >= 4 is 0 Å². The highest BCUT2D eigenvalue weighted by Gasteiger charge is 2.37. The molecule has 0 aromatic rings. The number of alkyl halides is 3. The first-order valence-electron chi connectivity index (χ1n) is 6.05. The summed E-state index contributed by atoms with van der Waals surface area (Å²) >= 11 is 0. The maximum Gasteiger partial charge on any atom is 0.401 e. The van der Waals surface area contributed by atoms with Crippen LogP contribution in [0.2, 0.25) is 0 Å². The van der Waals surface area contributed by atoms with Crippen LogP contribution in [0.15, 0.2) is 0 Å². The molecule has 0 aliphatic heterocycles. The highest BCUT2D eigenvalue weighted by molar-refractivity contribution is 4.85. The monoisotopic (exact) mass is 253 g/mol. The molecule has 1 fully saturated rings. The van der Waals surface area contributed by atoms with Gasteiger partial charge in [0.1, 0.15) is 0 Å². The maximum absolute atomic E-state index is 12.3. The normalized spacial score (nSPS) is 17.1. The summed E-state index contributed by atoms with van der Waals surface area (Å²) in [5, 5.41) is 3.16. The molecule has 1 rings (SSSR count). The fourth-order valence-electron chi connectivity index (χ4n) is 1.71. The number of likely N-dealkylation sites (N-methyl/N-ethyl adjacent to an activating group) is 1. The van der Waals surface area contributed by atoms with Crippen molar-refractivity contribution in [2.24, 2.45) is 0 Å². The Morgan fingerprint density at radius 1 is 1.12 bits per heavy atom. The largest absolute Gasteiger partial charge is 0.401 e. The van der Waals surface area contributed by atoms with Crippen LogP contribution in [0.1, 0.15) is 12.8 Å². The Balaban J connectivity index is 2.12. The molecule has 1 aliphatic carbocycles. The minimum atomic E-state index is -4.08. The molecule has 102 valence electrons. The van der Waals surface area contributed by atoms with E-state index in [1.807, 2.05) is 19.0 Å². The van der Waals surface area contributed by atoms with Crippen LogP contribution < -0.4 is 5.32 Å². The van der Waals surface area contributed by atoms with Gasteiger partial charge in [-0.05, 0) is 26.9 Å². The standard InChI is InChI=1S/C11H22F3N3/c1-16(2)7-5-15-6-8-17(10-3-4-10)9-11(12,13)14/h10,15H,3-9H2,1-2H3. The fourth-order valence-corrected chi connectivity index (χ4v) is 1.71. The molecule has 0 saturated heterocycles. The zero-order chi connectivity index (χ0) is 12.9. The Hall–Kier alpha value is -0.330. The Kier molecular flexibility index (Phi) is 5.69. The Morgan fingerprint density at radius 2 is 1.71 bits per heavy atom. The first kappa shape index (κ1) is 14.7. The first-order valence-corrected chi connectivity index (χ1v) is 6.05. The maximum atomic E-state index is 12.3. The molecular formula is C11H22F3N3. The van der Waals surface area contributed by atoms with Crippen molar-refractivity contribution in [3.8, 4) is 0 Å². The van der Waals surface area contributed by atoms with Gasteiger partial charge in [0.25, 0.3) is 0 Å². The number of nitrogens with one attached hydrogen (secondary N) is 1. The molecule has 6 heteroatoms. The molecule has 3 nitrogen and oxygen atoms in total. The number of hydrogen-bond acceptors (Lipinski definition) is 3. The zero-order valence-electron chi connectivity index (χ0n) is 10.6. The van der Waals surface area contributed by atoms with Gasteiger partial charge in [0.05, 0.1) is 6.54 Å². The van der Waals surface area contributed by atoms with Crippen molar-refractivity contribution < 1.29 is 13.2 Å². The van der Waals surface area contributed by atoms with E-state index >= 15 is 0 Å². The van der Waals surface area contributed by atoms with Crippen LogP contribution in [0, 0.1) is 0 Å². The summed E-state index contributed by atoms with van der Waals surface area (Å²) in [7, 11) is 3.95. The third kappa shape index (κ3) is 7.57. The van der Waals surface area contributed by atoms with Crippen molar-refractivity contribution in [1.82, 2.24) is 15.1 Å². The van der Waals surface area contributed by atoms with Gasteiger partial charge in [-0.2, -0.15) is 13.2 Å². The molecule has 1 N–H and O–H groups in total. The summed E-state index contributed by atoms with van der Waals surface area (Å²) in [6.07, 6.45) is -2.26. The molecule has 0 aromatic heterocycles. The Bertz CT molecular complexity index is 214. The lowest BCUT2D eigenvalue weighted by atomic mass is 10.4. The zero-order valence-corrected chi connectivity index (χ0v) is 10.6. The van der Waals surface area contributed by atoms with Gasteiger partial charge in [0, 0.05) is 32.2 Å². The molecular weight excluding hydrogens is 231 g/mol. The van der Waals surface area contributed by atoms with Crippen LogP contribution in [-0.2, 0) is 0 Å². The van der Waals surface area contributed by atoms with Crippen molar-refractivity contribution in [1.29, 1.82) is 0 Å². The first-order chi connectivity index (χ1) is 7.88. The van der Waals surface area contributed by atoms with Crippen LogP contribution in [0.25, 0.3) is 0 Å². The van der Waals surface area contributed by atoms with Crippen LogP contribution in [0.5, 0.6) is 0 Å². The van der Waals surface area contributed by atoms with E-state index in [0.29, 0.717) is 13.1 Å². The number of rotatable bonds is 8. The summed E-state index contributed by atoms with van der Waals surface area (Å²) in [6, 6.07) is 0.160. The van der Waals surface area contributed by atoms with Crippen LogP contribution in [0.4, 0.5) is 13.2 Å². The molecule has 0 unspecified atom stereocenters. The molecule has 0 bridgehead atoms. The molecule has 0 radical (unpaired) electrons. The molecule has 1 saturated carbocycles. The molecule has 0 heterocycles. The number of halogens is 3. The lowest BCUT2D eigenvalue weighted by Crippen LogP contribution is -2.41. The van der Waals surface area contributed by atoms with E-state index in [2.05, 4.69) is 5.32 Å². The second kappa shape index (κ2) is 6.56. The third-order valence-corrected chi connectivity index (χ3v) is 2.76. The van der Waals surface area contributed by atoms with E-state index < -0.39 is 12.7 Å². The van der Waals surface area contributed by atoms with Crippen LogP contribution in [0.3, 0.4) is 0 Å². The molecule has 0 atom stereocenters. The van der Waals surface area contributed by atoms with Gasteiger partial charge in [-0.15, -0.1) is 0 Å². The molecule has 0 spiro atoms. The summed E-state index contributed by atoms with van der Waals surface area (Å²) in [4.78, 5) is 3.59. The number of hydrogen-bond donors (Lipinski definition) is 1. The van der Waals surface area contributed by atoms with Crippen LogP contribution >= 0.6 is 0 Å². The molecule has 17 heavy (non-hydrogen) atoms. The summed E-state index contributed by atoms with van der Waals surface area (Å²) < 4.78 is 36.9. The van der Waals surface area contributed by atoms with Crippen molar-refractivity contribution in [2.45, 2.75) is 25.1 Å². The van der Waals surface area contributed by atoms with E-state index in [0.717, 1.165) is 25.9 Å². The second-order valence-electron chi connectivity index (χ2n) is 4.87. The van der Waals surface area contributed by atoms with E-state index in [4.69, 9.17) is 0 Å². The summed E-state index contributed by atoms with van der Waals surface area (Å²) in [6.45, 7) is 2.06. The van der Waals surface area contributed by atoms with E-state index in [9.17, 15) is 13.2 Å². The van der Waals surface area contributed by atoms with E-state index in [1.54, 1.807) is 4.90 Å². The predicted octanol–water partition coefficient (Wildman–Crippen LogP) is 1.16. The minimum absolute atomic E-state index is 0.160. The summed E-state index contributed by atoms with van der Waals surface area (Å²) in [5.74, 6) is 0. The van der Waals surface area contributed by atoms with Gasteiger partial charge in [-0.3, -0.25) is 4.90 Å². The van der Waals surface area contributed by atoms with E-state index in [1.165, 1.54) is 0 Å². The molecule has 0 amide bonds. The lowest BCUT2D eigenvalue weighted by molar-refractivity contribution is -0.147. The van der Waals surface area contributed by atoms with Gasteiger partial charge in [-0.25, -0.2) is 0 Å². The topological polar surface area (TPSA) is 18.5 Å². The van der Waals surface area contributed by atoms with Crippen molar-refractivity contribution in [3.63, 3.8) is 0 Å². The highest BCUT2D eigenvalue weighted by atomic mass is 19.4. The average Bonchev–Trinajstić information content (AvgIpc) is 2.96. The molecule has 0 aromatic carbocycles. The minimum Gasteiger partial charge on any atom is -0.314 e. The second-order valence-corrected chi connectivity index (χ2v) is 4.87. The van der Waals surface area contributed by atoms with Gasteiger partial charge in [0.2, 0.25) is 0 Å². The smallest absolute Gasteiger partial charge is 0.314 e. The highest BCUT2D eigenvalue weighted by Crippen LogP contribution is 2.29. The number of nitrogens with zero attached hydrogens (tertiary/aromatic N) is 2. The summed E-state index contributed by atoms with van der Waals surface area (Å²) in [5.41, 5.74) is 0. The van der Waals surface area contributed by atoms with Gasteiger partial charge in [0.15, 0.2) is 0 Å². The van der Waals surface area contributed by atoms with Gasteiger partial charge < -0.3 is 10.2 Å². The van der Waals surface area contributed by atoms with Gasteiger partial charge >= 0.3 is 6.18 Å². The predicted molar refractivity (Wildman–Crippen MR) is 62.1 cm³/mol. The fraction of sp³-hybridized carbons (Fsp3) is 1.00. The van der Waals surface area contributed by atoms with Gasteiger partial charge in [-0.1, -0.05) is 0 Å². The van der Waals surface area contributed by atoms with Crippen molar-refractivity contribution in [3.05, 3.63) is 0 Å². The van der Waals surface area contributed by atoms with E-state index in [-0.39, 0.29) is 6.04 Å². The van der Waals surface area contributed by atoms with Crippen LogP contribution in [-0.4, -0.2) is 68.8 Å². The molecule has 1 aliphatic rings. The Morgan fingerprint density at radius 3 is 2.18 bits per heavy atom. The van der Waals surface area contributed by atoms with Crippen molar-refractivity contribution in [2.75, 3.05) is 46.8 Å². The Labute approximate surface area is 101 Å². The quantitative estimate of drug-likeness (QED) is 0.655. The lowest BCUT2D eigenvalue weighted by Gasteiger charge is -2.23.